The average molecular weight is 524 g/mol. The third kappa shape index (κ3) is 11.2. The molecule has 0 aromatic heterocycles. The Balaban J connectivity index is 2.99. The first-order valence-electron chi connectivity index (χ1n) is 11.7. The molecule has 206 valence electrons. The van der Waals surface area contributed by atoms with Gasteiger partial charge in [0.25, 0.3) is 0 Å². The second kappa shape index (κ2) is 15.4. The number of guanidine groups is 1. The number of carbonyl (C=O) groups is 4. The van der Waals surface area contributed by atoms with Crippen LogP contribution in [0.3, 0.4) is 0 Å². The minimum absolute atomic E-state index is 0.0615. The van der Waals surface area contributed by atoms with Gasteiger partial charge in [-0.25, -0.2) is 4.79 Å². The van der Waals surface area contributed by atoms with Crippen LogP contribution >= 0.6 is 0 Å². The smallest absolute Gasteiger partial charge is 0.328 e. The van der Waals surface area contributed by atoms with Gasteiger partial charge in [0.1, 0.15) is 12.1 Å². The third-order valence-electron chi connectivity index (χ3n) is 5.32. The van der Waals surface area contributed by atoms with Crippen molar-refractivity contribution in [3.8, 4) is 0 Å². The monoisotopic (exact) mass is 523 g/mol. The number of aliphatic hydroxyl groups excluding tert-OH is 2. The van der Waals surface area contributed by atoms with Crippen molar-refractivity contribution in [2.45, 2.75) is 69.5 Å². The molecule has 14 nitrogen and oxygen atoms in total. The Bertz CT molecular complexity index is 937. The number of nitrogens with one attached hydrogen (secondary N) is 3. The van der Waals surface area contributed by atoms with Crippen LogP contribution < -0.4 is 33.2 Å². The summed E-state index contributed by atoms with van der Waals surface area (Å²) in [5.41, 5.74) is 17.5. The summed E-state index contributed by atoms with van der Waals surface area (Å²) in [5.74, 6) is -4.13. The Morgan fingerprint density at radius 1 is 0.892 bits per heavy atom. The number of hydrogen-bond acceptors (Lipinski definition) is 8. The van der Waals surface area contributed by atoms with Gasteiger partial charge < -0.3 is 48.5 Å². The van der Waals surface area contributed by atoms with Gasteiger partial charge in [-0.1, -0.05) is 30.3 Å². The van der Waals surface area contributed by atoms with Crippen LogP contribution in [0.5, 0.6) is 0 Å². The predicted molar refractivity (Wildman–Crippen MR) is 135 cm³/mol. The molecule has 0 fully saturated rings. The lowest BCUT2D eigenvalue weighted by Crippen LogP contribution is -2.61. The van der Waals surface area contributed by atoms with Crippen molar-refractivity contribution in [3.63, 3.8) is 0 Å². The molecule has 0 saturated heterocycles. The minimum atomic E-state index is -1.67. The Hall–Kier alpha value is -3.75. The zero-order chi connectivity index (χ0) is 28.1. The highest BCUT2D eigenvalue weighted by molar-refractivity contribution is 5.94. The summed E-state index contributed by atoms with van der Waals surface area (Å²) >= 11 is 0. The first-order valence-corrected chi connectivity index (χ1v) is 11.7. The molecule has 3 amide bonds. The Labute approximate surface area is 214 Å². The van der Waals surface area contributed by atoms with Crippen LogP contribution in [0.1, 0.15) is 32.3 Å². The summed E-state index contributed by atoms with van der Waals surface area (Å²) in [6.07, 6.45) is -2.33. The van der Waals surface area contributed by atoms with Crippen molar-refractivity contribution in [1.82, 2.24) is 16.0 Å². The summed E-state index contributed by atoms with van der Waals surface area (Å²) < 4.78 is 0. The highest BCUT2D eigenvalue weighted by atomic mass is 16.4. The minimum Gasteiger partial charge on any atom is -0.480 e. The zero-order valence-electron chi connectivity index (χ0n) is 20.8. The molecule has 0 aliphatic rings. The number of amides is 3. The van der Waals surface area contributed by atoms with Gasteiger partial charge in [-0.05, 0) is 38.7 Å². The van der Waals surface area contributed by atoms with Crippen molar-refractivity contribution >= 4 is 29.7 Å². The van der Waals surface area contributed by atoms with Crippen molar-refractivity contribution in [1.29, 1.82) is 0 Å². The molecule has 1 aromatic rings. The van der Waals surface area contributed by atoms with E-state index in [1.54, 1.807) is 24.3 Å². The number of carbonyl (C=O) groups excluding carboxylic acids is 3. The van der Waals surface area contributed by atoms with E-state index in [9.17, 15) is 34.5 Å². The molecule has 37 heavy (non-hydrogen) atoms. The molecule has 1 rings (SSSR count). The highest BCUT2D eigenvalue weighted by Gasteiger charge is 2.34. The largest absolute Gasteiger partial charge is 0.480 e. The number of aliphatic imine (C=N–C) groups is 1. The summed E-state index contributed by atoms with van der Waals surface area (Å²) in [6.45, 7) is 2.54. The molecule has 14 heteroatoms. The highest BCUT2D eigenvalue weighted by Crippen LogP contribution is 2.06. The number of aliphatic carboxylic acids is 1. The van der Waals surface area contributed by atoms with Crippen LogP contribution in [0.15, 0.2) is 35.3 Å². The summed E-state index contributed by atoms with van der Waals surface area (Å²) in [7, 11) is 0. The van der Waals surface area contributed by atoms with Crippen molar-refractivity contribution in [3.05, 3.63) is 35.9 Å². The molecule has 0 spiro atoms. The maximum Gasteiger partial charge on any atom is 0.328 e. The van der Waals surface area contributed by atoms with Gasteiger partial charge >= 0.3 is 5.97 Å². The molecule has 6 unspecified atom stereocenters. The lowest BCUT2D eigenvalue weighted by molar-refractivity contribution is -0.146. The van der Waals surface area contributed by atoms with Gasteiger partial charge in [0.05, 0.1) is 18.2 Å². The summed E-state index contributed by atoms with van der Waals surface area (Å²) in [6, 6.07) is 3.62. The lowest BCUT2D eigenvalue weighted by Gasteiger charge is -2.27. The molecule has 0 heterocycles. The molecule has 12 N–H and O–H groups in total. The fourth-order valence-electron chi connectivity index (χ4n) is 3.30. The quantitative estimate of drug-likeness (QED) is 0.0636. The molecular weight excluding hydrogens is 486 g/mol. The number of carboxylic acids is 1. The van der Waals surface area contributed by atoms with E-state index in [1.807, 2.05) is 6.07 Å². The predicted octanol–water partition coefficient (Wildman–Crippen LogP) is -3.09. The normalized spacial score (nSPS) is 15.7. The van der Waals surface area contributed by atoms with Crippen molar-refractivity contribution in [2.75, 3.05) is 6.54 Å². The van der Waals surface area contributed by atoms with Crippen LogP contribution in [0.4, 0.5) is 0 Å². The van der Waals surface area contributed by atoms with Gasteiger partial charge in [0.15, 0.2) is 12.0 Å². The molecule has 0 radical (unpaired) electrons. The molecule has 0 aliphatic heterocycles. The van der Waals surface area contributed by atoms with Gasteiger partial charge in [0, 0.05) is 6.54 Å². The van der Waals surface area contributed by atoms with E-state index in [1.165, 1.54) is 6.92 Å². The van der Waals surface area contributed by atoms with Crippen molar-refractivity contribution in [2.24, 2.45) is 22.2 Å². The summed E-state index contributed by atoms with van der Waals surface area (Å²) in [5, 5.41) is 35.8. The fourth-order valence-corrected chi connectivity index (χ4v) is 3.30. The number of aliphatic hydroxyl groups is 2. The van der Waals surface area contributed by atoms with Crippen LogP contribution in [-0.4, -0.2) is 87.9 Å². The molecule has 0 saturated carbocycles. The Morgan fingerprint density at radius 2 is 1.46 bits per heavy atom. The molecule has 6 atom stereocenters. The number of nitrogens with zero attached hydrogens (tertiary/aromatic N) is 1. The van der Waals surface area contributed by atoms with Crippen LogP contribution in [0.25, 0.3) is 0 Å². The van der Waals surface area contributed by atoms with Gasteiger partial charge in [0.2, 0.25) is 17.7 Å². The third-order valence-corrected chi connectivity index (χ3v) is 5.32. The van der Waals surface area contributed by atoms with E-state index in [0.717, 1.165) is 12.5 Å². The van der Waals surface area contributed by atoms with Crippen LogP contribution in [0.2, 0.25) is 0 Å². The lowest BCUT2D eigenvalue weighted by atomic mass is 10.0. The first-order chi connectivity index (χ1) is 17.3. The number of hydrogen-bond donors (Lipinski definition) is 9. The van der Waals surface area contributed by atoms with E-state index >= 15 is 0 Å². The number of nitrogens with two attached hydrogens (primary N) is 3. The zero-order valence-corrected chi connectivity index (χ0v) is 20.8. The van der Waals surface area contributed by atoms with Gasteiger partial charge in [-0.2, -0.15) is 0 Å². The molecule has 0 aliphatic carbocycles. The molecular formula is C23H37N7O7. The Kier molecular flexibility index (Phi) is 13.0. The summed E-state index contributed by atoms with van der Waals surface area (Å²) in [4.78, 5) is 53.5. The maximum absolute atomic E-state index is 13.1. The topological polar surface area (TPSA) is 255 Å². The number of benzene rings is 1. The SMILES string of the molecule is CC(O)C(NC(=O)C(NC(=O)C(CCCN=C(N)N)NC(=O)C(N)Cc1ccccc1)C(C)O)C(=O)O. The second-order valence-electron chi connectivity index (χ2n) is 8.60. The molecule has 0 bridgehead atoms. The van der Waals surface area contributed by atoms with Gasteiger partial charge in [-0.15, -0.1) is 0 Å². The van der Waals surface area contributed by atoms with Gasteiger partial charge in [-0.3, -0.25) is 19.4 Å². The first kappa shape index (κ1) is 31.3. The van der Waals surface area contributed by atoms with Crippen molar-refractivity contribution < 1.29 is 34.5 Å². The van der Waals surface area contributed by atoms with E-state index in [2.05, 4.69) is 20.9 Å². The van der Waals surface area contributed by atoms with Crippen LogP contribution in [0, 0.1) is 0 Å². The number of rotatable bonds is 15. The standard InChI is InChI=1S/C23H37N7O7/c1-12(31)17(21(35)30-18(13(2)32)22(36)37)29-20(34)16(9-6-10-27-23(25)26)28-19(33)15(24)11-14-7-4-3-5-8-14/h3-5,7-8,12-13,15-18,31-32H,6,9-11,24H2,1-2H3,(H,28,33)(H,29,34)(H,30,35)(H,36,37)(H4,25,26,27). The number of carboxylic acid groups (broad SMARTS) is 1. The maximum atomic E-state index is 13.1. The van der Waals surface area contributed by atoms with E-state index < -0.39 is 60.1 Å². The second-order valence-corrected chi connectivity index (χ2v) is 8.60. The fraction of sp³-hybridized carbons (Fsp3) is 0.522. The molecule has 1 aromatic carbocycles. The van der Waals surface area contributed by atoms with E-state index in [0.29, 0.717) is 0 Å². The van der Waals surface area contributed by atoms with Crippen LogP contribution in [-0.2, 0) is 25.6 Å². The average Bonchev–Trinajstić information content (AvgIpc) is 2.82. The van der Waals surface area contributed by atoms with E-state index in [-0.39, 0.29) is 31.8 Å². The Morgan fingerprint density at radius 3 is 1.97 bits per heavy atom. The van der Waals surface area contributed by atoms with E-state index in [4.69, 9.17) is 17.2 Å².